The molecule has 0 unspecified atom stereocenters. The second kappa shape index (κ2) is 12.1. The van der Waals surface area contributed by atoms with Crippen molar-refractivity contribution in [3.63, 3.8) is 0 Å². The molecular formula is C29H29FN4O4. The maximum absolute atomic E-state index is 13.3. The number of nitrogens with zero attached hydrogens (tertiary/aromatic N) is 2. The molecule has 38 heavy (non-hydrogen) atoms. The van der Waals surface area contributed by atoms with Crippen molar-refractivity contribution in [1.82, 2.24) is 14.5 Å². The van der Waals surface area contributed by atoms with Gasteiger partial charge < -0.3 is 10.6 Å². The van der Waals surface area contributed by atoms with Gasteiger partial charge in [-0.05, 0) is 61.7 Å². The van der Waals surface area contributed by atoms with E-state index in [1.807, 2.05) is 31.2 Å². The lowest BCUT2D eigenvalue weighted by atomic mass is 10.1. The molecule has 0 spiro atoms. The molecule has 0 radical (unpaired) electrons. The molecule has 9 heteroatoms. The molecule has 2 N–H and O–H groups in total. The second-order valence-electron chi connectivity index (χ2n) is 9.12. The summed E-state index contributed by atoms with van der Waals surface area (Å²) in [4.78, 5) is 51.3. The van der Waals surface area contributed by atoms with Gasteiger partial charge in [-0.3, -0.25) is 23.5 Å². The number of carbonyl (C=O) groups excluding carboxylic acids is 2. The first-order valence-electron chi connectivity index (χ1n) is 12.4. The van der Waals surface area contributed by atoms with Crippen molar-refractivity contribution < 1.29 is 14.0 Å². The first kappa shape index (κ1) is 26.5. The van der Waals surface area contributed by atoms with Gasteiger partial charge in [0, 0.05) is 25.2 Å². The maximum atomic E-state index is 13.3. The zero-order chi connectivity index (χ0) is 27.1. The Hall–Kier alpha value is -4.53. The monoisotopic (exact) mass is 516 g/mol. The minimum absolute atomic E-state index is 0.108. The van der Waals surface area contributed by atoms with E-state index in [0.717, 1.165) is 15.7 Å². The number of halogens is 1. The van der Waals surface area contributed by atoms with Crippen LogP contribution in [0.1, 0.15) is 30.4 Å². The van der Waals surface area contributed by atoms with E-state index in [-0.39, 0.29) is 31.3 Å². The summed E-state index contributed by atoms with van der Waals surface area (Å²) in [6.45, 7) is 2.19. The van der Waals surface area contributed by atoms with Gasteiger partial charge in [0.15, 0.2) is 0 Å². The van der Waals surface area contributed by atoms with Gasteiger partial charge in [-0.1, -0.05) is 42.0 Å². The van der Waals surface area contributed by atoms with Crippen LogP contribution >= 0.6 is 0 Å². The summed E-state index contributed by atoms with van der Waals surface area (Å²) in [5.41, 5.74) is 1.93. The molecule has 0 aliphatic rings. The third-order valence-corrected chi connectivity index (χ3v) is 6.21. The van der Waals surface area contributed by atoms with Gasteiger partial charge in [-0.2, -0.15) is 0 Å². The number of fused-ring (bicyclic) bond motifs is 1. The molecular weight excluding hydrogens is 487 g/mol. The highest BCUT2D eigenvalue weighted by Gasteiger charge is 2.15. The Kier molecular flexibility index (Phi) is 8.47. The summed E-state index contributed by atoms with van der Waals surface area (Å²) >= 11 is 0. The van der Waals surface area contributed by atoms with Crippen molar-refractivity contribution in [2.75, 3.05) is 5.32 Å². The van der Waals surface area contributed by atoms with Gasteiger partial charge in [0.1, 0.15) is 12.4 Å². The molecule has 4 rings (SSSR count). The first-order valence-corrected chi connectivity index (χ1v) is 12.4. The Morgan fingerprint density at radius 2 is 1.55 bits per heavy atom. The van der Waals surface area contributed by atoms with Crippen LogP contribution in [0.2, 0.25) is 0 Å². The molecule has 2 amide bonds. The number of unbranched alkanes of at least 4 members (excludes halogenated alkanes) is 1. The van der Waals surface area contributed by atoms with Gasteiger partial charge in [-0.25, -0.2) is 9.18 Å². The smallest absolute Gasteiger partial charge is 0.331 e. The standard InChI is InChI=1S/C29H29FN4O4/c1-20-9-11-21(12-10-20)18-31-27(36)19-34-25-7-3-2-6-24(25)28(37)33(29(34)38)17-5-4-8-26(35)32-23-15-13-22(30)14-16-23/h2-3,6-7,9-16H,4-5,8,17-19H2,1H3,(H,31,36)(H,32,35). The quantitative estimate of drug-likeness (QED) is 0.314. The molecule has 0 aliphatic carbocycles. The summed E-state index contributed by atoms with van der Waals surface area (Å²) in [6.07, 6.45) is 1.02. The van der Waals surface area contributed by atoms with E-state index in [2.05, 4.69) is 10.6 Å². The molecule has 0 atom stereocenters. The van der Waals surface area contributed by atoms with Crippen LogP contribution in [-0.4, -0.2) is 20.9 Å². The fourth-order valence-corrected chi connectivity index (χ4v) is 4.14. The number of rotatable bonds is 10. The average molecular weight is 517 g/mol. The molecule has 0 aliphatic heterocycles. The van der Waals surface area contributed by atoms with Gasteiger partial charge in [0.25, 0.3) is 5.56 Å². The Labute approximate surface area is 218 Å². The molecule has 0 saturated heterocycles. The van der Waals surface area contributed by atoms with E-state index >= 15 is 0 Å². The molecule has 1 heterocycles. The van der Waals surface area contributed by atoms with Crippen LogP contribution in [0.3, 0.4) is 0 Å². The topological polar surface area (TPSA) is 102 Å². The van der Waals surface area contributed by atoms with Crippen molar-refractivity contribution >= 4 is 28.4 Å². The van der Waals surface area contributed by atoms with Crippen molar-refractivity contribution in [3.8, 4) is 0 Å². The number of hydrogen-bond donors (Lipinski definition) is 2. The second-order valence-corrected chi connectivity index (χ2v) is 9.12. The highest BCUT2D eigenvalue weighted by atomic mass is 19.1. The number of carbonyl (C=O) groups is 2. The van der Waals surface area contributed by atoms with Crippen molar-refractivity contribution in [1.29, 1.82) is 0 Å². The van der Waals surface area contributed by atoms with Crippen molar-refractivity contribution in [2.45, 2.75) is 45.8 Å². The minimum Gasteiger partial charge on any atom is -0.350 e. The number of anilines is 1. The molecule has 0 saturated carbocycles. The van der Waals surface area contributed by atoms with Crippen LogP contribution in [0.25, 0.3) is 10.9 Å². The fraction of sp³-hybridized carbons (Fsp3) is 0.241. The number of amides is 2. The number of aromatic nitrogens is 2. The zero-order valence-corrected chi connectivity index (χ0v) is 21.1. The van der Waals surface area contributed by atoms with Crippen LogP contribution in [0.5, 0.6) is 0 Å². The molecule has 4 aromatic rings. The fourth-order valence-electron chi connectivity index (χ4n) is 4.14. The molecule has 8 nitrogen and oxygen atoms in total. The average Bonchev–Trinajstić information content (AvgIpc) is 2.91. The molecule has 1 aromatic heterocycles. The largest absolute Gasteiger partial charge is 0.350 e. The summed E-state index contributed by atoms with van der Waals surface area (Å²) < 4.78 is 15.5. The Balaban J connectivity index is 1.43. The number of nitrogens with one attached hydrogen (secondary N) is 2. The molecule has 3 aromatic carbocycles. The predicted octanol–water partition coefficient (Wildman–Crippen LogP) is 3.74. The Morgan fingerprint density at radius 3 is 2.29 bits per heavy atom. The van der Waals surface area contributed by atoms with E-state index in [1.165, 1.54) is 28.8 Å². The van der Waals surface area contributed by atoms with E-state index in [0.29, 0.717) is 36.0 Å². The van der Waals surface area contributed by atoms with Crippen LogP contribution in [0.4, 0.5) is 10.1 Å². The lowest BCUT2D eigenvalue weighted by Gasteiger charge is -2.14. The molecule has 0 bridgehead atoms. The van der Waals surface area contributed by atoms with E-state index < -0.39 is 17.1 Å². The number of para-hydroxylation sites is 1. The Morgan fingerprint density at radius 1 is 0.842 bits per heavy atom. The Bertz CT molecular complexity index is 1560. The summed E-state index contributed by atoms with van der Waals surface area (Å²) in [5.74, 6) is -0.983. The van der Waals surface area contributed by atoms with Crippen LogP contribution in [0, 0.1) is 12.7 Å². The third kappa shape index (κ3) is 6.61. The first-order chi connectivity index (χ1) is 18.3. The number of aryl methyl sites for hydroxylation is 1. The van der Waals surface area contributed by atoms with E-state index in [4.69, 9.17) is 0 Å². The summed E-state index contributed by atoms with van der Waals surface area (Å²) in [5, 5.41) is 5.86. The highest BCUT2D eigenvalue weighted by Crippen LogP contribution is 2.11. The van der Waals surface area contributed by atoms with E-state index in [9.17, 15) is 23.6 Å². The van der Waals surface area contributed by atoms with Crippen LogP contribution in [0.15, 0.2) is 82.4 Å². The van der Waals surface area contributed by atoms with Crippen LogP contribution in [-0.2, 0) is 29.2 Å². The van der Waals surface area contributed by atoms with Gasteiger partial charge in [0.05, 0.1) is 10.9 Å². The van der Waals surface area contributed by atoms with Gasteiger partial charge in [0.2, 0.25) is 11.8 Å². The van der Waals surface area contributed by atoms with E-state index in [1.54, 1.807) is 24.3 Å². The predicted molar refractivity (Wildman–Crippen MR) is 144 cm³/mol. The SMILES string of the molecule is Cc1ccc(CNC(=O)Cn2c(=O)n(CCCCC(=O)Nc3ccc(F)cc3)c(=O)c3ccccc32)cc1. The summed E-state index contributed by atoms with van der Waals surface area (Å²) in [7, 11) is 0. The minimum atomic E-state index is -0.574. The zero-order valence-electron chi connectivity index (χ0n) is 21.1. The maximum Gasteiger partial charge on any atom is 0.331 e. The molecule has 0 fully saturated rings. The van der Waals surface area contributed by atoms with Crippen LogP contribution < -0.4 is 21.9 Å². The van der Waals surface area contributed by atoms with Crippen molar-refractivity contribution in [2.24, 2.45) is 0 Å². The third-order valence-electron chi connectivity index (χ3n) is 6.21. The lowest BCUT2D eigenvalue weighted by molar-refractivity contribution is -0.122. The highest BCUT2D eigenvalue weighted by molar-refractivity contribution is 5.90. The summed E-state index contributed by atoms with van der Waals surface area (Å²) in [6, 6.07) is 19.9. The molecule has 196 valence electrons. The normalized spacial score (nSPS) is 10.9. The van der Waals surface area contributed by atoms with Gasteiger partial charge in [-0.15, -0.1) is 0 Å². The number of hydrogen-bond acceptors (Lipinski definition) is 4. The lowest BCUT2D eigenvalue weighted by Crippen LogP contribution is -2.42. The van der Waals surface area contributed by atoms with Crippen molar-refractivity contribution in [3.05, 3.63) is 111 Å². The number of benzene rings is 3. The van der Waals surface area contributed by atoms with Gasteiger partial charge >= 0.3 is 5.69 Å².